The molecule has 0 rings (SSSR count). The molecule has 1 nitrogen and oxygen atoms in total. The molecule has 74 valence electrons. The molecule has 0 atom stereocenters. The Labute approximate surface area is 77.9 Å². The van der Waals surface area contributed by atoms with Gasteiger partial charge in [-0.1, -0.05) is 27.2 Å². The second-order valence-electron chi connectivity index (χ2n) is 4.29. The van der Waals surface area contributed by atoms with Crippen LogP contribution in [0.1, 0.15) is 60.3 Å². The predicted octanol–water partition coefficient (Wildman–Crippen LogP) is 3.34. The van der Waals surface area contributed by atoms with Crippen molar-refractivity contribution in [3.63, 3.8) is 0 Å². The van der Waals surface area contributed by atoms with Crippen LogP contribution in [0.3, 0.4) is 0 Å². The van der Waals surface area contributed by atoms with Gasteiger partial charge in [0.2, 0.25) is 0 Å². The van der Waals surface area contributed by atoms with E-state index in [1.54, 1.807) is 0 Å². The van der Waals surface area contributed by atoms with E-state index in [-0.39, 0.29) is 0 Å². The van der Waals surface area contributed by atoms with Gasteiger partial charge in [0.15, 0.2) is 0 Å². The smallest absolute Gasteiger partial charge is 0.0127 e. The Bertz CT molecular complexity index is 104. The lowest BCUT2D eigenvalue weighted by Crippen LogP contribution is -2.45. The van der Waals surface area contributed by atoms with Crippen molar-refractivity contribution < 1.29 is 0 Å². The van der Waals surface area contributed by atoms with Crippen LogP contribution in [-0.4, -0.2) is 11.6 Å². The molecule has 0 amide bonds. The molecule has 0 bridgehead atoms. The van der Waals surface area contributed by atoms with Gasteiger partial charge in [-0.15, -0.1) is 0 Å². The molecular weight excluding hydrogens is 146 g/mol. The van der Waals surface area contributed by atoms with Gasteiger partial charge in [0.25, 0.3) is 0 Å². The summed E-state index contributed by atoms with van der Waals surface area (Å²) in [5.41, 5.74) is 0.325. The average molecular weight is 171 g/mol. The zero-order valence-electron chi connectivity index (χ0n) is 9.41. The Kier molecular flexibility index (Phi) is 5.56. The van der Waals surface area contributed by atoms with E-state index in [0.717, 1.165) is 0 Å². The van der Waals surface area contributed by atoms with Gasteiger partial charge in [-0.25, -0.2) is 0 Å². The molecular formula is C11H25N. The van der Waals surface area contributed by atoms with E-state index in [2.05, 4.69) is 39.9 Å². The van der Waals surface area contributed by atoms with E-state index in [1.807, 2.05) is 0 Å². The Hall–Kier alpha value is -0.0400. The van der Waals surface area contributed by atoms with Crippen LogP contribution in [-0.2, 0) is 0 Å². The highest BCUT2D eigenvalue weighted by molar-refractivity contribution is 4.80. The van der Waals surface area contributed by atoms with Gasteiger partial charge >= 0.3 is 0 Å². The molecule has 0 saturated heterocycles. The van der Waals surface area contributed by atoms with Gasteiger partial charge in [0.1, 0.15) is 0 Å². The highest BCUT2D eigenvalue weighted by atomic mass is 15.0. The standard InChI is InChI=1S/C11H25N/c1-6-9-11(4,5)12-10(7-2)8-3/h10,12H,6-9H2,1-5H3. The fourth-order valence-corrected chi connectivity index (χ4v) is 1.74. The van der Waals surface area contributed by atoms with Crippen molar-refractivity contribution in [1.29, 1.82) is 0 Å². The molecule has 1 heteroatoms. The third-order valence-corrected chi connectivity index (χ3v) is 2.46. The van der Waals surface area contributed by atoms with Gasteiger partial charge in [0.05, 0.1) is 0 Å². The summed E-state index contributed by atoms with van der Waals surface area (Å²) in [4.78, 5) is 0. The fourth-order valence-electron chi connectivity index (χ4n) is 1.74. The minimum Gasteiger partial charge on any atom is -0.309 e. The minimum atomic E-state index is 0.325. The molecule has 0 aromatic carbocycles. The summed E-state index contributed by atoms with van der Waals surface area (Å²) in [7, 11) is 0. The normalized spacial score (nSPS) is 12.5. The maximum absolute atomic E-state index is 3.69. The summed E-state index contributed by atoms with van der Waals surface area (Å²) >= 11 is 0. The molecule has 0 aromatic rings. The van der Waals surface area contributed by atoms with Crippen LogP contribution >= 0.6 is 0 Å². The number of hydrogen-bond donors (Lipinski definition) is 1. The van der Waals surface area contributed by atoms with Crippen molar-refractivity contribution >= 4 is 0 Å². The average Bonchev–Trinajstić information content (AvgIpc) is 2.00. The highest BCUT2D eigenvalue weighted by Gasteiger charge is 2.18. The SMILES string of the molecule is CCCC(C)(C)NC(CC)CC. The van der Waals surface area contributed by atoms with Crippen LogP contribution in [0.5, 0.6) is 0 Å². The molecule has 0 aliphatic heterocycles. The molecule has 0 spiro atoms. The molecule has 0 unspecified atom stereocenters. The minimum absolute atomic E-state index is 0.325. The second-order valence-corrected chi connectivity index (χ2v) is 4.29. The molecule has 0 heterocycles. The van der Waals surface area contributed by atoms with Crippen LogP contribution in [0.15, 0.2) is 0 Å². The first-order valence-corrected chi connectivity index (χ1v) is 5.33. The molecule has 1 N–H and O–H groups in total. The molecule has 0 aromatic heterocycles. The van der Waals surface area contributed by atoms with Gasteiger partial charge < -0.3 is 5.32 Å². The third kappa shape index (κ3) is 4.76. The molecule has 0 saturated carbocycles. The molecule has 0 radical (unpaired) electrons. The van der Waals surface area contributed by atoms with Crippen molar-refractivity contribution in [2.45, 2.75) is 71.9 Å². The van der Waals surface area contributed by atoms with E-state index in [4.69, 9.17) is 0 Å². The van der Waals surface area contributed by atoms with Crippen LogP contribution < -0.4 is 5.32 Å². The van der Waals surface area contributed by atoms with Crippen molar-refractivity contribution in [3.05, 3.63) is 0 Å². The van der Waals surface area contributed by atoms with Crippen molar-refractivity contribution in [3.8, 4) is 0 Å². The summed E-state index contributed by atoms with van der Waals surface area (Å²) in [6.07, 6.45) is 5.01. The topological polar surface area (TPSA) is 12.0 Å². The largest absolute Gasteiger partial charge is 0.309 e. The Balaban J connectivity index is 3.84. The lowest BCUT2D eigenvalue weighted by Gasteiger charge is -2.31. The molecule has 12 heavy (non-hydrogen) atoms. The monoisotopic (exact) mass is 171 g/mol. The van der Waals surface area contributed by atoms with Gasteiger partial charge in [0, 0.05) is 11.6 Å². The van der Waals surface area contributed by atoms with E-state index in [1.165, 1.54) is 25.7 Å². The summed E-state index contributed by atoms with van der Waals surface area (Å²) < 4.78 is 0. The predicted molar refractivity (Wildman–Crippen MR) is 56.5 cm³/mol. The molecule has 0 fully saturated rings. The summed E-state index contributed by atoms with van der Waals surface area (Å²) in [6.45, 7) is 11.4. The third-order valence-electron chi connectivity index (χ3n) is 2.46. The lowest BCUT2D eigenvalue weighted by molar-refractivity contribution is 0.301. The maximum atomic E-state index is 3.69. The first-order chi connectivity index (χ1) is 5.55. The Morgan fingerprint density at radius 1 is 1.08 bits per heavy atom. The lowest BCUT2D eigenvalue weighted by atomic mass is 9.96. The zero-order valence-corrected chi connectivity index (χ0v) is 9.41. The van der Waals surface area contributed by atoms with E-state index in [0.29, 0.717) is 11.6 Å². The highest BCUT2D eigenvalue weighted by Crippen LogP contribution is 2.13. The Morgan fingerprint density at radius 3 is 1.92 bits per heavy atom. The van der Waals surface area contributed by atoms with E-state index < -0.39 is 0 Å². The van der Waals surface area contributed by atoms with Gasteiger partial charge in [-0.2, -0.15) is 0 Å². The van der Waals surface area contributed by atoms with Crippen LogP contribution in [0.25, 0.3) is 0 Å². The Morgan fingerprint density at radius 2 is 1.58 bits per heavy atom. The molecule has 0 aliphatic rings. The first-order valence-electron chi connectivity index (χ1n) is 5.33. The second kappa shape index (κ2) is 5.58. The maximum Gasteiger partial charge on any atom is 0.0127 e. The van der Waals surface area contributed by atoms with Gasteiger partial charge in [-0.05, 0) is 33.1 Å². The summed E-state index contributed by atoms with van der Waals surface area (Å²) in [6, 6.07) is 0.701. The fraction of sp³-hybridized carbons (Fsp3) is 1.00. The summed E-state index contributed by atoms with van der Waals surface area (Å²) in [5, 5.41) is 3.69. The first kappa shape index (κ1) is 12.0. The van der Waals surface area contributed by atoms with Gasteiger partial charge in [-0.3, -0.25) is 0 Å². The van der Waals surface area contributed by atoms with Crippen LogP contribution in [0.4, 0.5) is 0 Å². The number of rotatable bonds is 6. The van der Waals surface area contributed by atoms with E-state index in [9.17, 15) is 0 Å². The zero-order chi connectivity index (χ0) is 9.61. The molecule has 0 aliphatic carbocycles. The quantitative estimate of drug-likeness (QED) is 0.646. The van der Waals surface area contributed by atoms with Crippen LogP contribution in [0.2, 0.25) is 0 Å². The van der Waals surface area contributed by atoms with Crippen LogP contribution in [0, 0.1) is 0 Å². The van der Waals surface area contributed by atoms with Crippen molar-refractivity contribution in [2.24, 2.45) is 0 Å². The number of hydrogen-bond acceptors (Lipinski definition) is 1. The van der Waals surface area contributed by atoms with Crippen molar-refractivity contribution in [2.75, 3.05) is 0 Å². The van der Waals surface area contributed by atoms with E-state index >= 15 is 0 Å². The number of nitrogens with one attached hydrogen (secondary N) is 1. The van der Waals surface area contributed by atoms with Crippen molar-refractivity contribution in [1.82, 2.24) is 5.32 Å². The summed E-state index contributed by atoms with van der Waals surface area (Å²) in [5.74, 6) is 0.